The number of thiol groups is 2. The van der Waals surface area contributed by atoms with Gasteiger partial charge in [0.15, 0.2) is 0 Å². The Morgan fingerprint density at radius 1 is 0.506 bits per heavy atom. The van der Waals surface area contributed by atoms with Gasteiger partial charge in [-0.25, -0.2) is 4.79 Å². The first-order chi connectivity index (χ1) is 40.6. The first kappa shape index (κ1) is 77.7. The Bertz CT molecular complexity index is 2460. The second-order valence-corrected chi connectivity index (χ2v) is 23.1. The van der Waals surface area contributed by atoms with E-state index < -0.39 is 206 Å². The molecule has 0 spiro atoms. The molecule has 0 saturated carbocycles. The summed E-state index contributed by atoms with van der Waals surface area (Å²) in [6, 6.07) is -15.5. The van der Waals surface area contributed by atoms with Gasteiger partial charge in [0.05, 0.1) is 19.0 Å². The van der Waals surface area contributed by atoms with Crippen LogP contribution in [0.15, 0.2) is 0 Å². The number of aliphatic carboxylic acids is 4. The van der Waals surface area contributed by atoms with E-state index in [1.54, 1.807) is 48.5 Å². The molecule has 0 aromatic heterocycles. The largest absolute Gasteiger partial charge is 0.481 e. The highest BCUT2D eigenvalue weighted by molar-refractivity contribution is 7.80. The molecule has 33 heteroatoms. The second kappa shape index (κ2) is 38.8. The van der Waals surface area contributed by atoms with Crippen molar-refractivity contribution in [2.45, 2.75) is 199 Å². The molecule has 1 heterocycles. The van der Waals surface area contributed by atoms with Crippen LogP contribution in [-0.2, 0) is 71.9 Å². The summed E-state index contributed by atoms with van der Waals surface area (Å²) in [5, 5.41) is 62.2. The highest BCUT2D eigenvalue weighted by Gasteiger charge is 2.40. The molecular formula is C54H90N12O19S2. The van der Waals surface area contributed by atoms with Crippen LogP contribution in [0, 0.1) is 23.7 Å². The van der Waals surface area contributed by atoms with Crippen LogP contribution < -0.4 is 58.9 Å². The maximum atomic E-state index is 14.0. The van der Waals surface area contributed by atoms with Crippen molar-refractivity contribution >= 4 is 114 Å². The average Bonchev–Trinajstić information content (AvgIpc) is 3.82. The minimum Gasteiger partial charge on any atom is -0.481 e. The van der Waals surface area contributed by atoms with Crippen molar-refractivity contribution < 1.29 is 92.3 Å². The van der Waals surface area contributed by atoms with Gasteiger partial charge in [-0.2, -0.15) is 25.3 Å². The van der Waals surface area contributed by atoms with Gasteiger partial charge < -0.3 is 84.2 Å². The predicted octanol–water partition coefficient (Wildman–Crippen LogP) is -2.86. The van der Waals surface area contributed by atoms with Crippen LogP contribution in [0.3, 0.4) is 0 Å². The minimum absolute atomic E-state index is 0.00442. The van der Waals surface area contributed by atoms with Crippen molar-refractivity contribution in [1.29, 1.82) is 0 Å². The van der Waals surface area contributed by atoms with Crippen LogP contribution >= 0.6 is 25.3 Å². The molecule has 16 N–H and O–H groups in total. The third-order valence-corrected chi connectivity index (χ3v) is 14.9. The van der Waals surface area contributed by atoms with E-state index >= 15 is 0 Å². The van der Waals surface area contributed by atoms with Crippen molar-refractivity contribution in [2.24, 2.45) is 29.4 Å². The first-order valence-electron chi connectivity index (χ1n) is 28.8. The average molecular weight is 1280 g/mol. The number of carboxylic acid groups (broad SMARTS) is 4. The molecule has 0 aromatic rings. The van der Waals surface area contributed by atoms with E-state index in [9.17, 15) is 92.3 Å². The van der Waals surface area contributed by atoms with Crippen molar-refractivity contribution in [1.82, 2.24) is 58.1 Å². The fourth-order valence-electron chi connectivity index (χ4n) is 8.83. The molecule has 1 aliphatic heterocycles. The fraction of sp³-hybridized carbons (Fsp3) is 0.722. The number of rotatable bonds is 40. The lowest BCUT2D eigenvalue weighted by molar-refractivity contribution is -0.142. The Kier molecular flexibility index (Phi) is 34.6. The normalized spacial score (nSPS) is 17.1. The third kappa shape index (κ3) is 27.5. The standard InChI is InChI=1S/C54H90N12O19S2/c1-10-27(7)42(51(81)59-31(14-16-39(68)69)46(76)60-34(20-26(5)6)49(79)63-36(24-87)54(84)85)64-38(67)22-56-45(75)35(21-41(72)73)62-52(82)43(28(8)11-2)65-47(77)32(15-17-40(70)71)58-44(74)29(9)57-48(78)33(19-25(3)4)61-50(80)37-13-12-18-66(37)53(83)30(55)23-86/h25-37,42-43,86-87H,10-24,55H2,1-9H3,(H,56,75)(H,57,78)(H,58,74)(H,59,81)(H,60,76)(H,61,80)(H,62,82)(H,63,79)(H,64,67)(H,65,77)(H,68,69)(H,70,71)(H,72,73)(H,84,85)/t27-,28-,29-,30-,31-,32-,33-,34-,35-,36-,37-,42-,43-/m0/s1. The lowest BCUT2D eigenvalue weighted by Crippen LogP contribution is -2.60. The monoisotopic (exact) mass is 1270 g/mol. The zero-order valence-electron chi connectivity index (χ0n) is 50.6. The summed E-state index contributed by atoms with van der Waals surface area (Å²) in [6.45, 7) is 13.9. The van der Waals surface area contributed by atoms with Gasteiger partial charge in [0.2, 0.25) is 65.0 Å². The van der Waals surface area contributed by atoms with Gasteiger partial charge in [-0.1, -0.05) is 68.2 Å². The van der Waals surface area contributed by atoms with Crippen molar-refractivity contribution in [3.05, 3.63) is 0 Å². The lowest BCUT2D eigenvalue weighted by Gasteiger charge is -2.29. The maximum Gasteiger partial charge on any atom is 0.327 e. The van der Waals surface area contributed by atoms with Crippen LogP contribution in [0.4, 0.5) is 0 Å². The van der Waals surface area contributed by atoms with Gasteiger partial charge in [0.1, 0.15) is 60.4 Å². The minimum atomic E-state index is -1.92. The van der Waals surface area contributed by atoms with Crippen molar-refractivity contribution in [3.8, 4) is 0 Å². The molecule has 31 nitrogen and oxygen atoms in total. The van der Waals surface area contributed by atoms with E-state index in [4.69, 9.17) is 5.73 Å². The molecule has 1 aliphatic rings. The highest BCUT2D eigenvalue weighted by Crippen LogP contribution is 2.20. The molecular weight excluding hydrogens is 1180 g/mol. The Hall–Kier alpha value is -7.29. The van der Waals surface area contributed by atoms with E-state index in [1.165, 1.54) is 18.7 Å². The summed E-state index contributed by atoms with van der Waals surface area (Å²) < 4.78 is 0. The van der Waals surface area contributed by atoms with E-state index in [2.05, 4.69) is 78.4 Å². The third-order valence-electron chi connectivity index (χ3n) is 14.2. The smallest absolute Gasteiger partial charge is 0.327 e. The summed E-state index contributed by atoms with van der Waals surface area (Å²) in [7, 11) is 0. The SMILES string of the molecule is CC[C@H](C)[C@H](NC(=O)CNC(=O)[C@H](CC(=O)O)NC(=O)[C@@H](NC(=O)[C@H](CCC(=O)O)NC(=O)[C@H](C)NC(=O)[C@H](CC(C)C)NC(=O)[C@@H]1CCCN1C(=O)[C@@H](N)CS)[C@@H](C)CC)C(=O)N[C@@H](CCC(=O)O)C(=O)N[C@@H](CC(C)C)C(=O)N[C@@H](CS)C(=O)O. The zero-order valence-corrected chi connectivity index (χ0v) is 52.4. The number of likely N-dealkylation sites (tertiary alicyclic amines) is 1. The molecule has 0 aromatic carbocycles. The molecule has 1 fully saturated rings. The van der Waals surface area contributed by atoms with Crippen molar-refractivity contribution in [3.63, 3.8) is 0 Å². The number of amides is 11. The summed E-state index contributed by atoms with van der Waals surface area (Å²) in [4.78, 5) is 198. The van der Waals surface area contributed by atoms with Crippen LogP contribution in [-0.4, -0.2) is 205 Å². The topological polar surface area (TPSA) is 487 Å². The number of nitrogens with one attached hydrogen (secondary N) is 10. The molecule has 1 rings (SSSR count). The molecule has 0 unspecified atom stereocenters. The predicted molar refractivity (Wildman–Crippen MR) is 318 cm³/mol. The maximum absolute atomic E-state index is 14.0. The number of nitrogens with zero attached hydrogens (tertiary/aromatic N) is 1. The second-order valence-electron chi connectivity index (χ2n) is 22.3. The summed E-state index contributed by atoms with van der Waals surface area (Å²) >= 11 is 8.01. The molecule has 13 atom stereocenters. The van der Waals surface area contributed by atoms with Gasteiger partial charge in [-0.05, 0) is 69.1 Å². The number of carboxylic acids is 4. The first-order valence-corrected chi connectivity index (χ1v) is 30.0. The Morgan fingerprint density at radius 3 is 1.40 bits per heavy atom. The van der Waals surface area contributed by atoms with Crippen LogP contribution in [0.1, 0.15) is 133 Å². The molecule has 0 aliphatic carbocycles. The van der Waals surface area contributed by atoms with Crippen LogP contribution in [0.25, 0.3) is 0 Å². The summed E-state index contributed by atoms with van der Waals surface area (Å²) in [6.07, 6.45) is -2.13. The molecule has 11 amide bonds. The van der Waals surface area contributed by atoms with Gasteiger partial charge in [0.25, 0.3) is 0 Å². The number of hydrogen-bond donors (Lipinski definition) is 17. The highest BCUT2D eigenvalue weighted by atomic mass is 32.1. The lowest BCUT2D eigenvalue weighted by atomic mass is 9.96. The fourth-order valence-corrected chi connectivity index (χ4v) is 9.23. The molecule has 492 valence electrons. The van der Waals surface area contributed by atoms with E-state index in [0.717, 1.165) is 0 Å². The Balaban J connectivity index is 3.33. The van der Waals surface area contributed by atoms with Crippen molar-refractivity contribution in [2.75, 3.05) is 24.6 Å². The summed E-state index contributed by atoms with van der Waals surface area (Å²) in [5.41, 5.74) is 5.88. The number of nitrogens with two attached hydrogens (primary N) is 1. The van der Waals surface area contributed by atoms with Gasteiger partial charge in [-0.3, -0.25) is 67.1 Å². The molecule has 87 heavy (non-hydrogen) atoms. The zero-order chi connectivity index (χ0) is 66.6. The quantitative estimate of drug-likeness (QED) is 0.0274. The Morgan fingerprint density at radius 2 is 0.943 bits per heavy atom. The number of carbonyl (C=O) groups excluding carboxylic acids is 11. The van der Waals surface area contributed by atoms with Crippen LogP contribution in [0.2, 0.25) is 0 Å². The van der Waals surface area contributed by atoms with E-state index in [0.29, 0.717) is 12.8 Å². The van der Waals surface area contributed by atoms with Gasteiger partial charge in [0, 0.05) is 30.9 Å². The molecule has 0 radical (unpaired) electrons. The summed E-state index contributed by atoms with van der Waals surface area (Å²) in [5.74, 6) is -18.1. The molecule has 0 bridgehead atoms. The molecule has 1 saturated heterocycles. The number of hydrogen-bond acceptors (Lipinski definition) is 18. The Labute approximate surface area is 516 Å². The van der Waals surface area contributed by atoms with E-state index in [1.807, 2.05) is 0 Å². The van der Waals surface area contributed by atoms with Crippen LogP contribution in [0.5, 0.6) is 0 Å². The van der Waals surface area contributed by atoms with Gasteiger partial charge >= 0.3 is 23.9 Å². The van der Waals surface area contributed by atoms with E-state index in [-0.39, 0.29) is 55.6 Å². The number of carbonyl (C=O) groups is 15. The van der Waals surface area contributed by atoms with Gasteiger partial charge in [-0.15, -0.1) is 0 Å².